The molecule has 3 rings (SSSR count). The van der Waals surface area contributed by atoms with Gasteiger partial charge in [0.2, 0.25) is 15.9 Å². The molecule has 0 aliphatic heterocycles. The second-order valence-corrected chi connectivity index (χ2v) is 10.4. The number of nitrogens with one attached hydrogen (secondary N) is 1. The molecule has 3 aromatic carbocycles. The van der Waals surface area contributed by atoms with Gasteiger partial charge < -0.3 is 5.32 Å². The van der Waals surface area contributed by atoms with E-state index in [4.69, 9.17) is 0 Å². The number of carbonyl (C=O) groups excluding carboxylic acids is 1. The molecule has 0 fully saturated rings. The topological polar surface area (TPSA) is 66.5 Å². The number of amides is 1. The zero-order valence-corrected chi connectivity index (χ0v) is 20.6. The summed E-state index contributed by atoms with van der Waals surface area (Å²) in [5.74, 6) is -0.316. The molecule has 1 amide bonds. The Morgan fingerprint density at radius 1 is 0.818 bits per heavy atom. The van der Waals surface area contributed by atoms with Gasteiger partial charge in [0.05, 0.1) is 11.4 Å². The number of carbonyl (C=O) groups is 1. The van der Waals surface area contributed by atoms with Crippen LogP contribution in [0, 0.1) is 27.7 Å². The van der Waals surface area contributed by atoms with E-state index >= 15 is 0 Å². The van der Waals surface area contributed by atoms with E-state index in [9.17, 15) is 13.2 Å². The normalized spacial score (nSPS) is 11.5. The maximum atomic E-state index is 13.7. The number of nitrogens with zero attached hydrogens (tertiary/aromatic N) is 1. The predicted octanol–water partition coefficient (Wildman–Crippen LogP) is 4.47. The first-order valence-electron chi connectivity index (χ1n) is 11.1. The van der Waals surface area contributed by atoms with Gasteiger partial charge >= 0.3 is 0 Å². The van der Waals surface area contributed by atoms with Crippen LogP contribution in [0.3, 0.4) is 0 Å². The predicted molar refractivity (Wildman–Crippen MR) is 133 cm³/mol. The molecule has 0 atom stereocenters. The molecule has 1 N–H and O–H groups in total. The van der Waals surface area contributed by atoms with Gasteiger partial charge in [-0.3, -0.25) is 4.79 Å². The Hall–Kier alpha value is -2.96. The molecule has 3 aromatic rings. The van der Waals surface area contributed by atoms with Gasteiger partial charge in [-0.25, -0.2) is 8.42 Å². The van der Waals surface area contributed by atoms with Gasteiger partial charge in [0.25, 0.3) is 0 Å². The van der Waals surface area contributed by atoms with Crippen LogP contribution in [-0.2, 0) is 27.8 Å². The van der Waals surface area contributed by atoms with Crippen LogP contribution in [0.1, 0.15) is 33.4 Å². The van der Waals surface area contributed by atoms with Gasteiger partial charge in [0.1, 0.15) is 0 Å². The molecule has 0 heterocycles. The Morgan fingerprint density at radius 3 is 2.03 bits per heavy atom. The van der Waals surface area contributed by atoms with Crippen molar-refractivity contribution >= 4 is 15.9 Å². The average molecular weight is 465 g/mol. The highest BCUT2D eigenvalue weighted by atomic mass is 32.2. The maximum absolute atomic E-state index is 13.7. The summed E-state index contributed by atoms with van der Waals surface area (Å²) in [7, 11) is -3.89. The van der Waals surface area contributed by atoms with Crippen LogP contribution in [0.5, 0.6) is 0 Å². The standard InChI is InChI=1S/C27H32N2O3S/c1-20-10-12-25(13-11-20)18-29(19-26(30)28-15-14-24-8-6-5-7-9-24)33(31,32)27-22(3)16-21(2)17-23(27)4/h5-13,16-17H,14-15,18-19H2,1-4H3,(H,28,30). The van der Waals surface area contributed by atoms with E-state index in [2.05, 4.69) is 5.32 Å². The van der Waals surface area contributed by atoms with Crippen molar-refractivity contribution < 1.29 is 13.2 Å². The third-order valence-electron chi connectivity index (χ3n) is 5.58. The highest BCUT2D eigenvalue weighted by molar-refractivity contribution is 7.89. The first kappa shape index (κ1) is 24.7. The van der Waals surface area contributed by atoms with E-state index in [1.807, 2.05) is 80.6 Å². The van der Waals surface area contributed by atoms with Crippen molar-refractivity contribution in [3.05, 3.63) is 100 Å². The maximum Gasteiger partial charge on any atom is 0.244 e. The Balaban J connectivity index is 1.83. The van der Waals surface area contributed by atoms with Crippen molar-refractivity contribution in [3.8, 4) is 0 Å². The molecule has 0 aliphatic carbocycles. The lowest BCUT2D eigenvalue weighted by atomic mass is 10.1. The molecule has 0 radical (unpaired) electrons. The van der Waals surface area contributed by atoms with Crippen molar-refractivity contribution in [2.45, 2.75) is 45.6 Å². The third kappa shape index (κ3) is 6.53. The number of rotatable bonds is 9. The minimum atomic E-state index is -3.89. The van der Waals surface area contributed by atoms with E-state index in [0.29, 0.717) is 24.1 Å². The van der Waals surface area contributed by atoms with Crippen molar-refractivity contribution in [2.75, 3.05) is 13.1 Å². The first-order valence-corrected chi connectivity index (χ1v) is 12.5. The molecule has 0 saturated carbocycles. The molecule has 174 valence electrons. The Kier molecular flexibility index (Phi) is 8.06. The molecule has 0 aromatic heterocycles. The van der Waals surface area contributed by atoms with Crippen molar-refractivity contribution in [2.24, 2.45) is 0 Å². The molecule has 0 spiro atoms. The van der Waals surface area contributed by atoms with E-state index in [-0.39, 0.29) is 23.9 Å². The summed E-state index contributed by atoms with van der Waals surface area (Å²) in [5, 5.41) is 2.87. The van der Waals surface area contributed by atoms with E-state index in [0.717, 1.165) is 22.3 Å². The minimum Gasteiger partial charge on any atom is -0.355 e. The number of aryl methyl sites for hydroxylation is 4. The second kappa shape index (κ2) is 10.8. The monoisotopic (exact) mass is 464 g/mol. The van der Waals surface area contributed by atoms with Crippen LogP contribution < -0.4 is 5.32 Å². The molecule has 0 aliphatic rings. The second-order valence-electron chi connectivity index (χ2n) is 8.57. The fourth-order valence-electron chi connectivity index (χ4n) is 4.03. The van der Waals surface area contributed by atoms with Crippen LogP contribution in [0.15, 0.2) is 71.6 Å². The summed E-state index contributed by atoms with van der Waals surface area (Å²) in [6, 6.07) is 21.3. The van der Waals surface area contributed by atoms with E-state index in [1.54, 1.807) is 13.8 Å². The van der Waals surface area contributed by atoms with Gasteiger partial charge in [0.15, 0.2) is 0 Å². The van der Waals surface area contributed by atoms with Gasteiger partial charge in [-0.05, 0) is 56.4 Å². The van der Waals surface area contributed by atoms with E-state index < -0.39 is 10.0 Å². The molecular weight excluding hydrogens is 432 g/mol. The number of hydrogen-bond donors (Lipinski definition) is 1. The summed E-state index contributed by atoms with van der Waals surface area (Å²) in [4.78, 5) is 13.0. The molecule has 0 unspecified atom stereocenters. The lowest BCUT2D eigenvalue weighted by Gasteiger charge is -2.24. The van der Waals surface area contributed by atoms with E-state index in [1.165, 1.54) is 4.31 Å². The molecule has 0 bridgehead atoms. The van der Waals surface area contributed by atoms with Crippen molar-refractivity contribution in [3.63, 3.8) is 0 Å². The van der Waals surface area contributed by atoms with Gasteiger partial charge in [-0.2, -0.15) is 4.31 Å². The Labute approximate surface area is 197 Å². The van der Waals surface area contributed by atoms with Gasteiger partial charge in [0, 0.05) is 13.1 Å². The smallest absolute Gasteiger partial charge is 0.244 e. The fourth-order valence-corrected chi connectivity index (χ4v) is 5.83. The Bertz CT molecular complexity index is 1180. The molecule has 33 heavy (non-hydrogen) atoms. The van der Waals surface area contributed by atoms with Crippen molar-refractivity contribution in [1.29, 1.82) is 0 Å². The highest BCUT2D eigenvalue weighted by Crippen LogP contribution is 2.26. The average Bonchev–Trinajstić information content (AvgIpc) is 2.74. The third-order valence-corrected chi connectivity index (χ3v) is 7.68. The first-order chi connectivity index (χ1) is 15.7. The summed E-state index contributed by atoms with van der Waals surface area (Å²) in [6.07, 6.45) is 0.688. The summed E-state index contributed by atoms with van der Waals surface area (Å²) in [6.45, 7) is 7.87. The summed E-state index contributed by atoms with van der Waals surface area (Å²) in [5.41, 5.74) is 5.43. The highest BCUT2D eigenvalue weighted by Gasteiger charge is 2.29. The molecule has 5 nitrogen and oxygen atoms in total. The quantitative estimate of drug-likeness (QED) is 0.508. The summed E-state index contributed by atoms with van der Waals surface area (Å²) < 4.78 is 28.7. The van der Waals surface area contributed by atoms with Crippen molar-refractivity contribution in [1.82, 2.24) is 9.62 Å². The fraction of sp³-hybridized carbons (Fsp3) is 0.296. The number of hydrogen-bond acceptors (Lipinski definition) is 3. The van der Waals surface area contributed by atoms with Crippen LogP contribution in [0.4, 0.5) is 0 Å². The lowest BCUT2D eigenvalue weighted by molar-refractivity contribution is -0.121. The summed E-state index contributed by atoms with van der Waals surface area (Å²) >= 11 is 0. The SMILES string of the molecule is Cc1ccc(CN(CC(=O)NCCc2ccccc2)S(=O)(=O)c2c(C)cc(C)cc2C)cc1. The largest absolute Gasteiger partial charge is 0.355 e. The molecule has 0 saturated heterocycles. The Morgan fingerprint density at radius 2 is 1.42 bits per heavy atom. The molecular formula is C27H32N2O3S. The lowest BCUT2D eigenvalue weighted by Crippen LogP contribution is -2.41. The number of benzene rings is 3. The van der Waals surface area contributed by atoms with Gasteiger partial charge in [-0.15, -0.1) is 0 Å². The van der Waals surface area contributed by atoms with Crippen LogP contribution in [-0.4, -0.2) is 31.7 Å². The van der Waals surface area contributed by atoms with Crippen LogP contribution in [0.25, 0.3) is 0 Å². The zero-order valence-electron chi connectivity index (χ0n) is 19.8. The minimum absolute atomic E-state index is 0.126. The molecule has 6 heteroatoms. The van der Waals surface area contributed by atoms with Crippen LogP contribution in [0.2, 0.25) is 0 Å². The zero-order chi connectivity index (χ0) is 24.0. The number of sulfonamides is 1. The van der Waals surface area contributed by atoms with Crippen LogP contribution >= 0.6 is 0 Å². The van der Waals surface area contributed by atoms with Gasteiger partial charge in [-0.1, -0.05) is 77.9 Å².